The first-order valence-electron chi connectivity index (χ1n) is 12.3. The van der Waals surface area contributed by atoms with Crippen LogP contribution in [0.5, 0.6) is 0 Å². The summed E-state index contributed by atoms with van der Waals surface area (Å²) in [6, 6.07) is 16.8. The topological polar surface area (TPSA) is 45.6 Å². The van der Waals surface area contributed by atoms with E-state index in [2.05, 4.69) is 85.9 Å². The van der Waals surface area contributed by atoms with Crippen LogP contribution in [-0.4, -0.2) is 52.4 Å². The number of thiocarbonyl (C=S) groups is 1. The van der Waals surface area contributed by atoms with Crippen molar-refractivity contribution in [1.82, 2.24) is 19.8 Å². The number of benzene rings is 1. The normalized spacial score (nSPS) is 20.9. The van der Waals surface area contributed by atoms with Gasteiger partial charge in [-0.1, -0.05) is 22.0 Å². The van der Waals surface area contributed by atoms with Gasteiger partial charge < -0.3 is 19.5 Å². The first-order valence-corrected chi connectivity index (χ1v) is 13.5. The van der Waals surface area contributed by atoms with E-state index in [1.54, 1.807) is 0 Å². The molecule has 0 bridgehead atoms. The quantitative estimate of drug-likeness (QED) is 0.407. The van der Waals surface area contributed by atoms with Crippen LogP contribution in [0, 0.1) is 13.8 Å². The Labute approximate surface area is 221 Å². The van der Waals surface area contributed by atoms with Crippen LogP contribution < -0.4 is 10.2 Å². The highest BCUT2D eigenvalue weighted by molar-refractivity contribution is 9.10. The first kappa shape index (κ1) is 24.4. The molecule has 2 saturated heterocycles. The van der Waals surface area contributed by atoms with E-state index in [1.165, 1.54) is 17.0 Å². The molecule has 0 aliphatic carbocycles. The van der Waals surface area contributed by atoms with E-state index in [9.17, 15) is 0 Å². The third-order valence-corrected chi connectivity index (χ3v) is 7.94. The first-order chi connectivity index (χ1) is 17.0. The summed E-state index contributed by atoms with van der Waals surface area (Å²) in [5.74, 6) is 0. The lowest BCUT2D eigenvalue weighted by molar-refractivity contribution is 0.0369. The number of halogens is 1. The summed E-state index contributed by atoms with van der Waals surface area (Å²) in [7, 11) is 0. The molecule has 5 rings (SSSR count). The lowest BCUT2D eigenvalue weighted by Crippen LogP contribution is -2.37. The summed E-state index contributed by atoms with van der Waals surface area (Å²) in [5.41, 5.74) is 5.94. The fraction of sp³-hybridized carbons (Fsp3) is 0.407. The molecule has 8 heteroatoms. The Balaban J connectivity index is 1.46. The molecule has 35 heavy (non-hydrogen) atoms. The molecule has 3 aromatic rings. The van der Waals surface area contributed by atoms with Crippen LogP contribution >= 0.6 is 28.1 Å². The second kappa shape index (κ2) is 10.8. The van der Waals surface area contributed by atoms with Crippen molar-refractivity contribution in [3.05, 3.63) is 81.8 Å². The summed E-state index contributed by atoms with van der Waals surface area (Å²) in [5, 5.41) is 4.31. The van der Waals surface area contributed by atoms with Gasteiger partial charge in [-0.25, -0.2) is 0 Å². The number of nitrogens with zero attached hydrogens (tertiary/aromatic N) is 4. The molecule has 4 heterocycles. The summed E-state index contributed by atoms with van der Waals surface area (Å²) >= 11 is 9.45. The van der Waals surface area contributed by atoms with Gasteiger partial charge in [0.05, 0.1) is 31.0 Å². The highest BCUT2D eigenvalue weighted by Crippen LogP contribution is 2.43. The fourth-order valence-electron chi connectivity index (χ4n) is 5.30. The Morgan fingerprint density at radius 3 is 2.57 bits per heavy atom. The smallest absolute Gasteiger partial charge is 0.174 e. The van der Waals surface area contributed by atoms with E-state index >= 15 is 0 Å². The molecule has 2 atom stereocenters. The highest BCUT2D eigenvalue weighted by Gasteiger charge is 2.42. The number of morpholine rings is 1. The third-order valence-electron chi connectivity index (χ3n) is 7.09. The molecule has 2 aliphatic rings. The molecule has 2 aromatic heterocycles. The molecule has 184 valence electrons. The number of aryl methyl sites for hydroxylation is 1. The number of rotatable bonds is 7. The SMILES string of the molecule is Cc1cc(C2C(c3ccccn3)NC(=S)N2c2ccc(Br)cc2)c(C)n1CCCN1CCOCC1. The minimum atomic E-state index is -0.0327. The molecule has 2 fully saturated rings. The van der Waals surface area contributed by atoms with Crippen molar-refractivity contribution >= 4 is 38.9 Å². The van der Waals surface area contributed by atoms with E-state index in [0.717, 1.165) is 66.8 Å². The number of ether oxygens (including phenoxy) is 1. The Morgan fingerprint density at radius 1 is 1.09 bits per heavy atom. The number of pyridine rings is 1. The maximum absolute atomic E-state index is 5.89. The van der Waals surface area contributed by atoms with Crippen molar-refractivity contribution in [3.8, 4) is 0 Å². The molecule has 0 amide bonds. The molecule has 1 N–H and O–H groups in total. The molecular weight excluding hydrogens is 522 g/mol. The Hall–Kier alpha value is -2.26. The Bertz CT molecular complexity index is 1160. The van der Waals surface area contributed by atoms with Gasteiger partial charge in [-0.05, 0) is 80.5 Å². The Morgan fingerprint density at radius 2 is 1.86 bits per heavy atom. The predicted molar refractivity (Wildman–Crippen MR) is 148 cm³/mol. The number of nitrogens with one attached hydrogen (secondary N) is 1. The summed E-state index contributed by atoms with van der Waals surface area (Å²) in [6.07, 6.45) is 2.98. The number of hydrogen-bond donors (Lipinski definition) is 1. The van der Waals surface area contributed by atoms with Crippen LogP contribution in [0.3, 0.4) is 0 Å². The van der Waals surface area contributed by atoms with Gasteiger partial charge in [-0.3, -0.25) is 9.88 Å². The zero-order valence-corrected chi connectivity index (χ0v) is 22.7. The van der Waals surface area contributed by atoms with E-state index in [4.69, 9.17) is 21.9 Å². The number of anilines is 1. The molecule has 6 nitrogen and oxygen atoms in total. The molecule has 0 radical (unpaired) electrons. The van der Waals surface area contributed by atoms with Gasteiger partial charge >= 0.3 is 0 Å². The van der Waals surface area contributed by atoms with Crippen molar-refractivity contribution in [3.63, 3.8) is 0 Å². The van der Waals surface area contributed by atoms with Gasteiger partial charge in [0.2, 0.25) is 0 Å². The van der Waals surface area contributed by atoms with Crippen molar-refractivity contribution in [1.29, 1.82) is 0 Å². The van der Waals surface area contributed by atoms with Crippen LogP contribution in [0.15, 0.2) is 59.2 Å². The monoisotopic (exact) mass is 553 g/mol. The van der Waals surface area contributed by atoms with Gasteiger partial charge in [0, 0.05) is 53.9 Å². The average Bonchev–Trinajstić information content (AvgIpc) is 3.36. The second-order valence-corrected chi connectivity index (χ2v) is 10.6. The molecular formula is C27H32BrN5OS. The summed E-state index contributed by atoms with van der Waals surface area (Å²) < 4.78 is 9.01. The van der Waals surface area contributed by atoms with Crippen LogP contribution in [0.2, 0.25) is 0 Å². The van der Waals surface area contributed by atoms with E-state index < -0.39 is 0 Å². The average molecular weight is 555 g/mol. The van der Waals surface area contributed by atoms with Crippen LogP contribution in [-0.2, 0) is 11.3 Å². The highest BCUT2D eigenvalue weighted by atomic mass is 79.9. The zero-order valence-electron chi connectivity index (χ0n) is 20.3. The molecule has 2 unspecified atom stereocenters. The van der Waals surface area contributed by atoms with Gasteiger partial charge in [0.25, 0.3) is 0 Å². The third kappa shape index (κ3) is 5.16. The zero-order chi connectivity index (χ0) is 24.4. The molecule has 2 aliphatic heterocycles. The molecule has 0 saturated carbocycles. The van der Waals surface area contributed by atoms with E-state index in [0.29, 0.717) is 0 Å². The van der Waals surface area contributed by atoms with Crippen molar-refractivity contribution in [2.24, 2.45) is 0 Å². The van der Waals surface area contributed by atoms with Gasteiger partial charge in [-0.15, -0.1) is 0 Å². The van der Waals surface area contributed by atoms with Gasteiger partial charge in [0.1, 0.15) is 0 Å². The lowest BCUT2D eigenvalue weighted by atomic mass is 9.96. The van der Waals surface area contributed by atoms with Crippen LogP contribution in [0.4, 0.5) is 5.69 Å². The van der Waals surface area contributed by atoms with Crippen molar-refractivity contribution < 1.29 is 4.74 Å². The summed E-state index contributed by atoms with van der Waals surface area (Å²) in [6.45, 7) is 10.3. The fourth-order valence-corrected chi connectivity index (χ4v) is 5.91. The standard InChI is InChI=1S/C27H32BrN5OS/c1-19-18-23(20(2)32(19)13-5-12-31-14-16-34-17-15-31)26-25(24-6-3-4-11-29-24)30-27(35)33(26)22-9-7-21(28)8-10-22/h3-4,6-11,18,25-26H,5,12-17H2,1-2H3,(H,30,35). The Kier molecular flexibility index (Phi) is 7.53. The van der Waals surface area contributed by atoms with Crippen LogP contribution in [0.1, 0.15) is 41.1 Å². The number of hydrogen-bond acceptors (Lipinski definition) is 4. The van der Waals surface area contributed by atoms with Crippen molar-refractivity contribution in [2.75, 3.05) is 37.7 Å². The van der Waals surface area contributed by atoms with Gasteiger partial charge in [0.15, 0.2) is 5.11 Å². The largest absolute Gasteiger partial charge is 0.379 e. The second-order valence-electron chi connectivity index (χ2n) is 9.26. The molecule has 1 aromatic carbocycles. The van der Waals surface area contributed by atoms with Crippen LogP contribution in [0.25, 0.3) is 0 Å². The predicted octanol–water partition coefficient (Wildman–Crippen LogP) is 5.16. The summed E-state index contributed by atoms with van der Waals surface area (Å²) in [4.78, 5) is 9.45. The number of aromatic nitrogens is 2. The van der Waals surface area contributed by atoms with Gasteiger partial charge in [-0.2, -0.15) is 0 Å². The minimum Gasteiger partial charge on any atom is -0.379 e. The molecule has 0 spiro atoms. The van der Waals surface area contributed by atoms with E-state index in [1.807, 2.05) is 18.3 Å². The van der Waals surface area contributed by atoms with E-state index in [-0.39, 0.29) is 12.1 Å². The maximum atomic E-state index is 5.89. The minimum absolute atomic E-state index is 0.0118. The van der Waals surface area contributed by atoms with Crippen molar-refractivity contribution in [2.45, 2.75) is 38.9 Å². The maximum Gasteiger partial charge on any atom is 0.174 e. The lowest BCUT2D eigenvalue weighted by Gasteiger charge is -2.28.